The number of thiazole rings is 2. The molecule has 5 aromatic rings. The van der Waals surface area contributed by atoms with E-state index < -0.39 is 43.0 Å². The van der Waals surface area contributed by atoms with Gasteiger partial charge in [0, 0.05) is 64.7 Å². The molecule has 22 heteroatoms. The smallest absolute Gasteiger partial charge is 0.411 e. The number of aryl methyl sites for hydroxylation is 1. The van der Waals surface area contributed by atoms with Crippen LogP contribution in [0.15, 0.2) is 69.0 Å². The molecule has 2 aromatic carbocycles. The zero-order valence-electron chi connectivity index (χ0n) is 44.4. The summed E-state index contributed by atoms with van der Waals surface area (Å²) in [5.41, 5.74) is 3.32. The first-order valence-corrected chi connectivity index (χ1v) is 31.3. The van der Waals surface area contributed by atoms with E-state index in [0.717, 1.165) is 89.7 Å². The summed E-state index contributed by atoms with van der Waals surface area (Å²) in [6.07, 6.45) is 11.2. The number of nitrogens with one attached hydrogen (secondary N) is 6. The molecule has 3 aromatic heterocycles. The third kappa shape index (κ3) is 14.5. The van der Waals surface area contributed by atoms with Crippen LogP contribution in [0.2, 0.25) is 0 Å². The van der Waals surface area contributed by atoms with E-state index in [4.69, 9.17) is 23.6 Å². The highest BCUT2D eigenvalue weighted by Crippen LogP contribution is 2.43. The maximum absolute atomic E-state index is 15.7. The molecular weight excluding hydrogens is 1030 g/mol. The topological polar surface area (TPSA) is 243 Å². The first-order valence-electron chi connectivity index (χ1n) is 26.1. The molecule has 0 radical (unpaired) electrons. The molecule has 3 amide bonds. The Balaban J connectivity index is 1.13. The van der Waals surface area contributed by atoms with E-state index in [0.29, 0.717) is 38.1 Å². The lowest BCUT2D eigenvalue weighted by Crippen LogP contribution is -2.44. The number of H-pyrrole nitrogens is 1. The second-order valence-electron chi connectivity index (χ2n) is 21.1. The number of amides is 3. The van der Waals surface area contributed by atoms with Crippen LogP contribution in [-0.4, -0.2) is 89.8 Å². The molecule has 0 aliphatic heterocycles. The molecule has 3 aliphatic carbocycles. The van der Waals surface area contributed by atoms with Crippen molar-refractivity contribution in [3.8, 4) is 20.9 Å². The summed E-state index contributed by atoms with van der Waals surface area (Å²) in [5.74, 6) is 0.838. The molecule has 3 atom stereocenters. The molecule has 3 unspecified atom stereocenters. The number of benzene rings is 2. The predicted molar refractivity (Wildman–Crippen MR) is 295 cm³/mol. The number of hydrogen-bond donors (Lipinski definition) is 6. The predicted octanol–water partition coefficient (Wildman–Crippen LogP) is 12.0. The van der Waals surface area contributed by atoms with E-state index in [2.05, 4.69) is 36.0 Å². The van der Waals surface area contributed by atoms with Gasteiger partial charge in [-0.1, -0.05) is 23.5 Å². The fraction of sp³-hybridized carbons (Fsp3) is 0.547. The number of aromatic nitrogens is 4. The van der Waals surface area contributed by atoms with Crippen LogP contribution in [0.3, 0.4) is 0 Å². The van der Waals surface area contributed by atoms with Gasteiger partial charge in [0.25, 0.3) is 0 Å². The lowest BCUT2D eigenvalue weighted by atomic mass is 9.86. The van der Waals surface area contributed by atoms with Gasteiger partial charge in [0.15, 0.2) is 18.6 Å². The van der Waals surface area contributed by atoms with Crippen molar-refractivity contribution in [2.24, 2.45) is 4.36 Å². The first kappa shape index (κ1) is 55.6. The standard InChI is InChI=1S/C53H72N10O8S4/c1-30(2)69-51(64)57-37-14-10-35(11-15-37)49-55-27-44(72-49)42-22-20-40(56-48-24-33(7)60-61-48)26-47(42)75(54,68)34(8)28-63-29-45(73-50(63)36-12-16-38(17-13-36)58-52(65)70-31(3)4)43-23-21-41(59-53(66)71-32(5)6)25-46(43)74(9,67)62-39-18-19-39/h20-27,29-32,34-39,54H,10-19,28H2,1-9H3,(H4-,56,57,58,59,60,61,64,65,66)/p+1. The highest BCUT2D eigenvalue weighted by molar-refractivity contribution is 7.93. The number of alkyl carbamates (subject to hydrolysis) is 2. The van der Waals surface area contributed by atoms with Gasteiger partial charge in [-0.15, -0.1) is 11.3 Å². The van der Waals surface area contributed by atoms with Gasteiger partial charge in [0.05, 0.1) is 69.4 Å². The second-order valence-corrected chi connectivity index (χ2v) is 27.9. The minimum atomic E-state index is -3.60. The molecule has 0 bridgehead atoms. The van der Waals surface area contributed by atoms with Gasteiger partial charge in [0.1, 0.15) is 10.1 Å². The maximum atomic E-state index is 15.7. The number of carbonyl (C=O) groups excluding carboxylic acids is 3. The maximum Gasteiger partial charge on any atom is 0.411 e. The van der Waals surface area contributed by atoms with E-state index in [-0.39, 0.29) is 54.8 Å². The minimum Gasteiger partial charge on any atom is -0.447 e. The molecule has 3 heterocycles. The normalized spacial score (nSPS) is 20.9. The van der Waals surface area contributed by atoms with Crippen LogP contribution in [0.4, 0.5) is 31.6 Å². The van der Waals surface area contributed by atoms with Crippen molar-refractivity contribution in [3.63, 3.8) is 0 Å². The van der Waals surface area contributed by atoms with Crippen LogP contribution >= 0.6 is 22.7 Å². The summed E-state index contributed by atoms with van der Waals surface area (Å²) in [6, 6.07) is 12.8. The van der Waals surface area contributed by atoms with Crippen LogP contribution in [-0.2, 0) is 40.2 Å². The van der Waals surface area contributed by atoms with Gasteiger partial charge < -0.3 is 30.2 Å². The highest BCUT2D eigenvalue weighted by atomic mass is 32.2. The second kappa shape index (κ2) is 23.8. The van der Waals surface area contributed by atoms with Crippen LogP contribution in [0.1, 0.15) is 140 Å². The SMILES string of the molecule is Cc1cc(Nc2ccc(-c3cnc(C4CCC(NC(=O)OC(C)C)CC4)s3)c(S(=N)(=O)C(C)C[n+]3cc(-c4ccc(NC(=O)OC(C)C)cc4S(C)(=O)=NC4CC4)sc3C3CCC(NC(=O)OC(C)C)CC3)c2)n[nH]1. The molecule has 75 heavy (non-hydrogen) atoms. The monoisotopic (exact) mass is 1110 g/mol. The zero-order chi connectivity index (χ0) is 53.8. The molecule has 406 valence electrons. The molecule has 8 rings (SSSR count). The number of ether oxygens (including phenoxy) is 3. The van der Waals surface area contributed by atoms with Crippen LogP contribution < -0.4 is 25.8 Å². The van der Waals surface area contributed by atoms with Crippen molar-refractivity contribution in [2.75, 3.05) is 16.9 Å². The molecule has 6 N–H and O–H groups in total. The van der Waals surface area contributed by atoms with Crippen molar-refractivity contribution in [1.82, 2.24) is 25.8 Å². The van der Waals surface area contributed by atoms with Crippen molar-refractivity contribution < 1.29 is 41.6 Å². The Morgan fingerprint density at radius 2 is 1.31 bits per heavy atom. The van der Waals surface area contributed by atoms with Gasteiger partial charge in [-0.2, -0.15) is 9.67 Å². The Hall–Kier alpha value is -5.58. The Kier molecular flexibility index (Phi) is 17.6. The van der Waals surface area contributed by atoms with E-state index >= 15 is 4.21 Å². The lowest BCUT2D eigenvalue weighted by molar-refractivity contribution is -0.699. The number of hydrogen-bond acceptors (Lipinski definition) is 15. The fourth-order valence-corrected chi connectivity index (χ4v) is 15.7. The van der Waals surface area contributed by atoms with Crippen LogP contribution in [0.25, 0.3) is 20.9 Å². The minimum absolute atomic E-state index is 0.00118. The van der Waals surface area contributed by atoms with Gasteiger partial charge in [0.2, 0.25) is 5.01 Å². The van der Waals surface area contributed by atoms with E-state index in [1.165, 1.54) is 0 Å². The third-order valence-electron chi connectivity index (χ3n) is 13.5. The van der Waals surface area contributed by atoms with Gasteiger partial charge in [-0.25, -0.2) is 36.9 Å². The summed E-state index contributed by atoms with van der Waals surface area (Å²) in [4.78, 5) is 45.2. The molecular formula is C53H73N10O8S4+. The Morgan fingerprint density at radius 3 is 1.88 bits per heavy atom. The molecule has 3 fully saturated rings. The molecule has 18 nitrogen and oxygen atoms in total. The van der Waals surface area contributed by atoms with Crippen molar-refractivity contribution >= 4 is 77.6 Å². The van der Waals surface area contributed by atoms with Crippen LogP contribution in [0, 0.1) is 11.7 Å². The summed E-state index contributed by atoms with van der Waals surface area (Å²) in [7, 11) is -6.55. The van der Waals surface area contributed by atoms with E-state index in [1.807, 2.05) is 78.2 Å². The Morgan fingerprint density at radius 1 is 0.747 bits per heavy atom. The average molecular weight is 1110 g/mol. The van der Waals surface area contributed by atoms with Crippen molar-refractivity contribution in [1.29, 1.82) is 4.78 Å². The number of rotatable bonds is 18. The number of nitrogens with zero attached hydrogens (tertiary/aromatic N) is 4. The average Bonchev–Trinajstić information content (AvgIpc) is 3.63. The summed E-state index contributed by atoms with van der Waals surface area (Å²) >= 11 is 3.13. The van der Waals surface area contributed by atoms with Crippen molar-refractivity contribution in [2.45, 2.75) is 189 Å². The van der Waals surface area contributed by atoms with Crippen LogP contribution in [0.5, 0.6) is 0 Å². The Labute approximate surface area is 449 Å². The molecule has 3 saturated carbocycles. The Bertz CT molecular complexity index is 3080. The summed E-state index contributed by atoms with van der Waals surface area (Å²) in [6.45, 7) is 14.8. The summed E-state index contributed by atoms with van der Waals surface area (Å²) < 4.78 is 63.4. The summed E-state index contributed by atoms with van der Waals surface area (Å²) in [5, 5.41) is 20.8. The lowest BCUT2D eigenvalue weighted by Gasteiger charge is -2.28. The molecule has 3 aliphatic rings. The zero-order valence-corrected chi connectivity index (χ0v) is 47.6. The number of carbonyl (C=O) groups is 3. The van der Waals surface area contributed by atoms with Gasteiger partial charge in [-0.05, 0) is 144 Å². The quantitative estimate of drug-likeness (QED) is 0.0356. The number of anilines is 3. The highest BCUT2D eigenvalue weighted by Gasteiger charge is 2.37. The fourth-order valence-electron chi connectivity index (χ4n) is 9.67. The molecule has 0 spiro atoms. The van der Waals surface area contributed by atoms with Crippen molar-refractivity contribution in [3.05, 3.63) is 70.6 Å². The van der Waals surface area contributed by atoms with Gasteiger partial charge >= 0.3 is 18.3 Å². The van der Waals surface area contributed by atoms with E-state index in [9.17, 15) is 23.4 Å². The van der Waals surface area contributed by atoms with E-state index in [1.54, 1.807) is 61.0 Å². The molecule has 0 saturated heterocycles. The van der Waals surface area contributed by atoms with Gasteiger partial charge in [-0.3, -0.25) is 10.4 Å². The third-order valence-corrected chi connectivity index (χ3v) is 20.1. The number of aromatic amines is 1. The first-order chi connectivity index (χ1) is 35.6. The largest absolute Gasteiger partial charge is 0.447 e.